The van der Waals surface area contributed by atoms with Crippen molar-refractivity contribution in [3.63, 3.8) is 0 Å². The molecule has 2 unspecified atom stereocenters. The molecule has 2 aromatic carbocycles. The third kappa shape index (κ3) is 4.62. The second-order valence-corrected chi connectivity index (χ2v) is 13.5. The number of fused-ring (bicyclic) bond motifs is 3. The summed E-state index contributed by atoms with van der Waals surface area (Å²) in [4.78, 5) is 43.5. The van der Waals surface area contributed by atoms with Gasteiger partial charge in [-0.25, -0.2) is 0 Å². The maximum atomic E-state index is 13.4. The minimum absolute atomic E-state index is 0.292. The highest BCUT2D eigenvalue weighted by molar-refractivity contribution is 8.30. The summed E-state index contributed by atoms with van der Waals surface area (Å²) in [6.45, 7) is 1.72. The van der Waals surface area contributed by atoms with Gasteiger partial charge in [-0.2, -0.15) is 0 Å². The molecule has 3 heterocycles. The van der Waals surface area contributed by atoms with Gasteiger partial charge < -0.3 is 10.0 Å². The zero-order valence-electron chi connectivity index (χ0n) is 22.0. The molecule has 0 spiro atoms. The molecule has 3 aliphatic rings. The van der Waals surface area contributed by atoms with Crippen molar-refractivity contribution in [3.05, 3.63) is 73.1 Å². The van der Waals surface area contributed by atoms with E-state index < -0.39 is 18.1 Å². The van der Waals surface area contributed by atoms with Crippen LogP contribution in [0.15, 0.2) is 52.2 Å². The van der Waals surface area contributed by atoms with Gasteiger partial charge in [0.1, 0.15) is 20.4 Å². The van der Waals surface area contributed by atoms with Crippen LogP contribution in [0.25, 0.3) is 11.0 Å². The van der Waals surface area contributed by atoms with Gasteiger partial charge in [-0.15, -0.1) is 23.1 Å². The predicted molar refractivity (Wildman–Crippen MR) is 167 cm³/mol. The van der Waals surface area contributed by atoms with Crippen molar-refractivity contribution >= 4 is 85.6 Å². The second-order valence-electron chi connectivity index (χ2n) is 9.94. The lowest BCUT2D eigenvalue weighted by Gasteiger charge is -2.27. The first-order valence-electron chi connectivity index (χ1n) is 13.1. The van der Waals surface area contributed by atoms with Crippen molar-refractivity contribution in [2.45, 2.75) is 49.6 Å². The number of carbonyl (C=O) groups excluding carboxylic acids is 1. The number of thiocarbonyl (C=S) groups is 1. The Kier molecular flexibility index (Phi) is 7.41. The summed E-state index contributed by atoms with van der Waals surface area (Å²) in [5.41, 5.74) is 4.16. The summed E-state index contributed by atoms with van der Waals surface area (Å²) in [6, 6.07) is 15.4. The Morgan fingerprint density at radius 1 is 1.20 bits per heavy atom. The van der Waals surface area contributed by atoms with Crippen molar-refractivity contribution in [2.24, 2.45) is 0 Å². The fourth-order valence-electron chi connectivity index (χ4n) is 5.98. The number of rotatable bonds is 6. The number of nitrogens with zero attached hydrogens (tertiary/aromatic N) is 3. The lowest BCUT2D eigenvalue weighted by Crippen LogP contribution is -2.35. The van der Waals surface area contributed by atoms with Crippen LogP contribution in [0.1, 0.15) is 43.2 Å². The molecule has 1 aromatic heterocycles. The van der Waals surface area contributed by atoms with Crippen molar-refractivity contribution < 1.29 is 14.7 Å². The fourth-order valence-corrected chi connectivity index (χ4v) is 9.07. The molecule has 11 heteroatoms. The smallest absolute Gasteiger partial charge is 0.323 e. The van der Waals surface area contributed by atoms with Crippen LogP contribution in [-0.4, -0.2) is 49.6 Å². The van der Waals surface area contributed by atoms with Crippen LogP contribution in [0.2, 0.25) is 0 Å². The molecule has 206 valence electrons. The van der Waals surface area contributed by atoms with E-state index in [0.29, 0.717) is 36.9 Å². The largest absolute Gasteiger partial charge is 0.480 e. The summed E-state index contributed by atoms with van der Waals surface area (Å²) in [7, 11) is 0. The van der Waals surface area contributed by atoms with Crippen molar-refractivity contribution in [3.8, 4) is 0 Å². The van der Waals surface area contributed by atoms with Gasteiger partial charge in [0.05, 0.1) is 4.53 Å². The van der Waals surface area contributed by atoms with Gasteiger partial charge in [0, 0.05) is 34.8 Å². The van der Waals surface area contributed by atoms with E-state index in [-0.39, 0.29) is 5.91 Å². The SMILES string of the molecule is CCN1C(=O)C(=c2sc(=Cc3ccc4c(c3)C3CCCC3N4c3cccc(SC)c3)c(=O)n2CC(=O)O)SC1=S. The van der Waals surface area contributed by atoms with Gasteiger partial charge >= 0.3 is 5.97 Å². The maximum absolute atomic E-state index is 13.4. The number of carbonyl (C=O) groups is 2. The number of benzene rings is 2. The molecule has 2 aliphatic heterocycles. The average molecular weight is 610 g/mol. The lowest BCUT2D eigenvalue weighted by molar-refractivity contribution is -0.137. The first kappa shape index (κ1) is 27.3. The molecule has 1 amide bonds. The molecule has 0 bridgehead atoms. The van der Waals surface area contributed by atoms with Crippen LogP contribution >= 0.6 is 47.1 Å². The molecule has 2 fully saturated rings. The number of amides is 1. The average Bonchev–Trinajstić information content (AvgIpc) is 3.67. The van der Waals surface area contributed by atoms with E-state index in [1.54, 1.807) is 11.8 Å². The fraction of sp³-hybridized carbons (Fsp3) is 0.310. The van der Waals surface area contributed by atoms with Crippen molar-refractivity contribution in [2.75, 3.05) is 17.7 Å². The van der Waals surface area contributed by atoms with Gasteiger partial charge in [-0.1, -0.05) is 42.5 Å². The highest BCUT2D eigenvalue weighted by Crippen LogP contribution is 2.52. The Hall–Kier alpha value is -2.86. The van der Waals surface area contributed by atoms with Crippen LogP contribution in [-0.2, 0) is 16.1 Å². The quantitative estimate of drug-likeness (QED) is 0.327. The third-order valence-electron chi connectivity index (χ3n) is 7.71. The Morgan fingerprint density at radius 3 is 2.75 bits per heavy atom. The number of hydrogen-bond acceptors (Lipinski definition) is 8. The first-order valence-corrected chi connectivity index (χ1v) is 16.4. The number of thiazole rings is 1. The minimum Gasteiger partial charge on any atom is -0.480 e. The van der Waals surface area contributed by atoms with E-state index in [2.05, 4.69) is 47.6 Å². The highest BCUT2D eigenvalue weighted by Gasteiger charge is 2.42. The first-order chi connectivity index (χ1) is 19.3. The zero-order chi connectivity index (χ0) is 28.1. The molecule has 1 N–H and O–H groups in total. The molecule has 1 saturated carbocycles. The summed E-state index contributed by atoms with van der Waals surface area (Å²) < 4.78 is 2.32. The topological polar surface area (TPSA) is 82.9 Å². The molecule has 1 aliphatic carbocycles. The Morgan fingerprint density at radius 2 is 2.02 bits per heavy atom. The van der Waals surface area contributed by atoms with E-state index in [1.165, 1.54) is 37.7 Å². The number of aromatic nitrogens is 1. The highest BCUT2D eigenvalue weighted by atomic mass is 32.2. The van der Waals surface area contributed by atoms with Crippen molar-refractivity contribution in [1.29, 1.82) is 0 Å². The molecule has 1 saturated heterocycles. The normalized spacial score (nSPS) is 21.9. The molecule has 7 nitrogen and oxygen atoms in total. The molecule has 0 radical (unpaired) electrons. The summed E-state index contributed by atoms with van der Waals surface area (Å²) in [5, 5.41) is 9.51. The number of hydrogen-bond donors (Lipinski definition) is 1. The number of thioether (sulfide) groups is 2. The van der Waals surface area contributed by atoms with Gasteiger partial charge in [-0.3, -0.25) is 23.9 Å². The van der Waals surface area contributed by atoms with E-state index in [0.717, 1.165) is 41.5 Å². The number of anilines is 2. The van der Waals surface area contributed by atoms with Gasteiger partial charge in [0.25, 0.3) is 11.5 Å². The number of aliphatic carboxylic acids is 1. The molecule has 40 heavy (non-hydrogen) atoms. The van der Waals surface area contributed by atoms with E-state index in [9.17, 15) is 19.5 Å². The molecule has 3 aromatic rings. The molecular formula is C29H27N3O4S4. The number of carboxylic acid groups (broad SMARTS) is 1. The third-order valence-corrected chi connectivity index (χ3v) is 11.1. The Bertz CT molecular complexity index is 1740. The summed E-state index contributed by atoms with van der Waals surface area (Å²) >= 11 is 9.35. The lowest BCUT2D eigenvalue weighted by atomic mass is 9.96. The van der Waals surface area contributed by atoms with E-state index >= 15 is 0 Å². The van der Waals surface area contributed by atoms with Gasteiger partial charge in [-0.05, 0) is 73.6 Å². The predicted octanol–water partition coefficient (Wildman–Crippen LogP) is 4.32. The Balaban J connectivity index is 1.46. The molecular weight excluding hydrogens is 583 g/mol. The van der Waals surface area contributed by atoms with E-state index in [1.807, 2.05) is 19.1 Å². The molecule has 6 rings (SSSR count). The monoisotopic (exact) mass is 609 g/mol. The van der Waals surface area contributed by atoms with Crippen LogP contribution < -0.4 is 19.7 Å². The van der Waals surface area contributed by atoms with Crippen LogP contribution in [0.3, 0.4) is 0 Å². The van der Waals surface area contributed by atoms with Crippen molar-refractivity contribution in [1.82, 2.24) is 9.47 Å². The van der Waals surface area contributed by atoms with Crippen LogP contribution in [0.4, 0.5) is 11.4 Å². The van der Waals surface area contributed by atoms with Crippen LogP contribution in [0, 0.1) is 0 Å². The van der Waals surface area contributed by atoms with Crippen LogP contribution in [0.5, 0.6) is 0 Å². The second kappa shape index (κ2) is 10.8. The number of carboxylic acids is 1. The Labute approximate surface area is 249 Å². The minimum atomic E-state index is -1.14. The van der Waals surface area contributed by atoms with E-state index in [4.69, 9.17) is 12.2 Å². The standard InChI is InChI=1S/C29H27N3O4S4/c1-3-30-27(36)25(40-29(30)37)28-31(15-24(33)34)26(35)23(39-28)13-16-10-11-22-20(12-16)19-8-5-9-21(19)32(22)17-6-4-7-18(14-17)38-2/h4,6-7,10-14,19,21H,3,5,8-9,15H2,1-2H3,(H,33,34). The zero-order valence-corrected chi connectivity index (χ0v) is 25.2. The molecule has 2 atom stereocenters. The summed E-state index contributed by atoms with van der Waals surface area (Å²) in [6.07, 6.45) is 7.34. The maximum Gasteiger partial charge on any atom is 0.323 e. The summed E-state index contributed by atoms with van der Waals surface area (Å²) in [5.74, 6) is -1.01. The van der Waals surface area contributed by atoms with Gasteiger partial charge in [0.15, 0.2) is 0 Å². The van der Waals surface area contributed by atoms with Gasteiger partial charge in [0.2, 0.25) is 0 Å².